The summed E-state index contributed by atoms with van der Waals surface area (Å²) in [6, 6.07) is 22.5. The molecule has 0 radical (unpaired) electrons. The Morgan fingerprint density at radius 3 is 1.85 bits per heavy atom. The lowest BCUT2D eigenvalue weighted by Crippen LogP contribution is -1.93. The molecule has 0 saturated heterocycles. The Labute approximate surface area is 198 Å². The smallest absolute Gasteiger partial charge is 0.195 e. The zero-order chi connectivity index (χ0) is 23.9. The van der Waals surface area contributed by atoms with Crippen molar-refractivity contribution < 1.29 is 13.2 Å². The van der Waals surface area contributed by atoms with Crippen molar-refractivity contribution >= 4 is 10.8 Å². The summed E-state index contributed by atoms with van der Waals surface area (Å²) < 4.78 is 40.8. The molecule has 170 valence electrons. The Balaban J connectivity index is 1.38. The molecule has 4 rings (SSSR count). The highest BCUT2D eigenvalue weighted by Crippen LogP contribution is 2.24. The molecule has 0 amide bonds. The van der Waals surface area contributed by atoms with Crippen LogP contribution in [0.5, 0.6) is 0 Å². The second-order valence-electron chi connectivity index (χ2n) is 8.29. The molecule has 0 aliphatic rings. The molecular formula is C31H25F3. The van der Waals surface area contributed by atoms with Crippen LogP contribution in [0.25, 0.3) is 10.8 Å². The average Bonchev–Trinajstić information content (AvgIpc) is 2.86. The molecule has 34 heavy (non-hydrogen) atoms. The molecule has 3 heteroatoms. The summed E-state index contributed by atoms with van der Waals surface area (Å²) in [5.74, 6) is 2.26. The first-order valence-electron chi connectivity index (χ1n) is 11.4. The molecule has 0 aliphatic carbocycles. The third-order valence-electron chi connectivity index (χ3n) is 5.84. The van der Waals surface area contributed by atoms with Gasteiger partial charge < -0.3 is 0 Å². The van der Waals surface area contributed by atoms with Crippen LogP contribution in [0.1, 0.15) is 41.2 Å². The number of rotatable bonds is 6. The van der Waals surface area contributed by atoms with Crippen LogP contribution in [0.15, 0.2) is 84.9 Å². The van der Waals surface area contributed by atoms with Gasteiger partial charge in [0.15, 0.2) is 17.5 Å². The summed E-state index contributed by atoms with van der Waals surface area (Å²) in [6.07, 6.45) is 8.34. The van der Waals surface area contributed by atoms with Gasteiger partial charge in [-0.1, -0.05) is 66.5 Å². The molecule has 0 spiro atoms. The molecule has 0 bridgehead atoms. The van der Waals surface area contributed by atoms with Gasteiger partial charge >= 0.3 is 0 Å². The topological polar surface area (TPSA) is 0 Å². The van der Waals surface area contributed by atoms with Gasteiger partial charge in [-0.05, 0) is 85.0 Å². The largest absolute Gasteiger partial charge is 0.204 e. The predicted octanol–water partition coefficient (Wildman–Crippen LogP) is 7.95. The van der Waals surface area contributed by atoms with E-state index in [1.807, 2.05) is 19.1 Å². The minimum absolute atomic E-state index is 0.0390. The van der Waals surface area contributed by atoms with Gasteiger partial charge in [-0.15, -0.1) is 0 Å². The summed E-state index contributed by atoms with van der Waals surface area (Å²) in [5.41, 5.74) is 5.38. The normalized spacial score (nSPS) is 11.1. The monoisotopic (exact) mass is 454 g/mol. The van der Waals surface area contributed by atoms with Crippen LogP contribution >= 0.6 is 0 Å². The van der Waals surface area contributed by atoms with Crippen molar-refractivity contribution in [3.63, 3.8) is 0 Å². The lowest BCUT2D eigenvalue weighted by molar-refractivity contribution is 0.453. The predicted molar refractivity (Wildman–Crippen MR) is 133 cm³/mol. The summed E-state index contributed by atoms with van der Waals surface area (Å²) >= 11 is 0. The minimum Gasteiger partial charge on any atom is -0.204 e. The first-order valence-corrected chi connectivity index (χ1v) is 11.4. The summed E-state index contributed by atoms with van der Waals surface area (Å²) in [6.45, 7) is 2.05. The Morgan fingerprint density at radius 2 is 1.21 bits per heavy atom. The maximum atomic E-state index is 13.9. The zero-order valence-electron chi connectivity index (χ0n) is 19.0. The van der Waals surface area contributed by atoms with Crippen LogP contribution in [0, 0.1) is 29.3 Å². The molecule has 0 N–H and O–H groups in total. The fraction of sp³-hybridized carbons (Fsp3) is 0.161. The highest BCUT2D eigenvalue weighted by atomic mass is 19.2. The SMILES string of the molecule is C/C=C/CCc1ccc(CCc2ccc(C#Cc3ccc4c(F)c(F)c(F)cc4c3)cc2)cc1. The van der Waals surface area contributed by atoms with E-state index >= 15 is 0 Å². The number of hydrogen-bond acceptors (Lipinski definition) is 0. The fourth-order valence-electron chi connectivity index (χ4n) is 3.86. The van der Waals surface area contributed by atoms with E-state index in [0.29, 0.717) is 5.56 Å². The lowest BCUT2D eigenvalue weighted by Gasteiger charge is -2.05. The van der Waals surface area contributed by atoms with E-state index in [-0.39, 0.29) is 10.8 Å². The molecule has 0 saturated carbocycles. The maximum Gasteiger partial charge on any atom is 0.195 e. The van der Waals surface area contributed by atoms with Gasteiger partial charge in [-0.2, -0.15) is 0 Å². The maximum absolute atomic E-state index is 13.9. The van der Waals surface area contributed by atoms with Crippen LogP contribution in [0.2, 0.25) is 0 Å². The Morgan fingerprint density at radius 1 is 0.647 bits per heavy atom. The van der Waals surface area contributed by atoms with Crippen LogP contribution < -0.4 is 0 Å². The van der Waals surface area contributed by atoms with Gasteiger partial charge in [0.2, 0.25) is 0 Å². The van der Waals surface area contributed by atoms with Gasteiger partial charge in [0.05, 0.1) is 0 Å². The Kier molecular flexibility index (Phi) is 7.50. The molecule has 0 atom stereocenters. The number of fused-ring (bicyclic) bond motifs is 1. The molecule has 4 aromatic rings. The molecule has 4 aromatic carbocycles. The number of benzene rings is 4. The van der Waals surface area contributed by atoms with Crippen molar-refractivity contribution in [2.45, 2.75) is 32.6 Å². The lowest BCUT2D eigenvalue weighted by atomic mass is 10.0. The van der Waals surface area contributed by atoms with Crippen molar-refractivity contribution in [3.05, 3.63) is 130 Å². The highest BCUT2D eigenvalue weighted by molar-refractivity contribution is 5.84. The molecule has 0 unspecified atom stereocenters. The van der Waals surface area contributed by atoms with E-state index in [9.17, 15) is 13.2 Å². The first-order chi connectivity index (χ1) is 16.5. The average molecular weight is 455 g/mol. The van der Waals surface area contributed by atoms with Gasteiger partial charge in [0, 0.05) is 16.5 Å². The zero-order valence-corrected chi connectivity index (χ0v) is 19.0. The van der Waals surface area contributed by atoms with Gasteiger partial charge in [-0.3, -0.25) is 0 Å². The van der Waals surface area contributed by atoms with E-state index in [4.69, 9.17) is 0 Å². The summed E-state index contributed by atoms with van der Waals surface area (Å²) in [7, 11) is 0. The van der Waals surface area contributed by atoms with E-state index < -0.39 is 17.5 Å². The fourth-order valence-corrected chi connectivity index (χ4v) is 3.86. The minimum atomic E-state index is -1.46. The second kappa shape index (κ2) is 10.9. The van der Waals surface area contributed by atoms with Crippen molar-refractivity contribution in [1.82, 2.24) is 0 Å². The molecule has 0 aromatic heterocycles. The van der Waals surface area contributed by atoms with Gasteiger partial charge in [-0.25, -0.2) is 13.2 Å². The quantitative estimate of drug-likeness (QED) is 0.158. The van der Waals surface area contributed by atoms with Crippen LogP contribution in [-0.4, -0.2) is 0 Å². The van der Waals surface area contributed by atoms with Gasteiger partial charge in [0.25, 0.3) is 0 Å². The van der Waals surface area contributed by atoms with E-state index in [1.54, 1.807) is 12.1 Å². The van der Waals surface area contributed by atoms with Crippen LogP contribution in [0.4, 0.5) is 13.2 Å². The van der Waals surface area contributed by atoms with Crippen LogP contribution in [0.3, 0.4) is 0 Å². The number of halogens is 3. The molecule has 0 nitrogen and oxygen atoms in total. The van der Waals surface area contributed by atoms with Gasteiger partial charge in [0.1, 0.15) is 0 Å². The number of allylic oxidation sites excluding steroid dienone is 2. The highest BCUT2D eigenvalue weighted by Gasteiger charge is 2.13. The summed E-state index contributed by atoms with van der Waals surface area (Å²) in [4.78, 5) is 0. The first kappa shape index (κ1) is 23.4. The van der Waals surface area contributed by atoms with E-state index in [0.717, 1.165) is 37.3 Å². The van der Waals surface area contributed by atoms with Crippen molar-refractivity contribution in [1.29, 1.82) is 0 Å². The van der Waals surface area contributed by atoms with Crippen molar-refractivity contribution in [2.75, 3.05) is 0 Å². The Hall–Kier alpha value is -3.77. The van der Waals surface area contributed by atoms with Crippen LogP contribution in [-0.2, 0) is 19.3 Å². The third kappa shape index (κ3) is 5.77. The third-order valence-corrected chi connectivity index (χ3v) is 5.84. The molecule has 0 aliphatic heterocycles. The second-order valence-corrected chi connectivity index (χ2v) is 8.29. The van der Waals surface area contributed by atoms with E-state index in [1.165, 1.54) is 22.8 Å². The summed E-state index contributed by atoms with van der Waals surface area (Å²) in [5, 5.41) is 0.321. The molecule has 0 fully saturated rings. The van der Waals surface area contributed by atoms with E-state index in [2.05, 4.69) is 60.4 Å². The standard InChI is InChI=1S/C31H25F3/c1-2-3-4-5-22-6-8-23(9-7-22)10-11-24-12-14-25(15-13-24)16-17-26-18-19-28-27(20-26)21-29(32)31(34)30(28)33/h2-3,6-9,12-15,18-21H,4-5,10-11H2,1H3/b3-2+. The van der Waals surface area contributed by atoms with Crippen molar-refractivity contribution in [3.8, 4) is 11.8 Å². The molecule has 0 heterocycles. The number of hydrogen-bond donors (Lipinski definition) is 0. The Bertz CT molecular complexity index is 1370. The van der Waals surface area contributed by atoms with Crippen molar-refractivity contribution in [2.24, 2.45) is 0 Å². The number of aryl methyl sites for hydroxylation is 3. The molecular weight excluding hydrogens is 429 g/mol.